The van der Waals surface area contributed by atoms with Gasteiger partial charge in [0.2, 0.25) is 0 Å². The van der Waals surface area contributed by atoms with Gasteiger partial charge in [-0.15, -0.1) is 0 Å². The van der Waals surface area contributed by atoms with Crippen molar-refractivity contribution in [2.75, 3.05) is 0 Å². The molecule has 136 valence electrons. The zero-order valence-corrected chi connectivity index (χ0v) is 18.7. The van der Waals surface area contributed by atoms with Gasteiger partial charge in [-0.2, -0.15) is 0 Å². The van der Waals surface area contributed by atoms with E-state index in [1.165, 1.54) is 0 Å². The molecular formula is C14H18Ca2N2O8. The average Bonchev–Trinajstić information content (AvgIpc) is 2.32. The number of carboxylic acids is 4. The van der Waals surface area contributed by atoms with E-state index in [9.17, 15) is 39.6 Å². The smallest absolute Gasteiger partial charge is 0.550 e. The number of carboxylic acid groups (broad SMARTS) is 4. The quantitative estimate of drug-likeness (QED) is 0.279. The minimum atomic E-state index is -2.12. The van der Waals surface area contributed by atoms with E-state index in [4.69, 9.17) is 11.5 Å². The molecule has 0 unspecified atom stereocenters. The molecule has 0 atom stereocenters. The molecule has 1 aliphatic rings. The molecule has 0 aromatic carbocycles. The summed E-state index contributed by atoms with van der Waals surface area (Å²) in [7, 11) is 0. The summed E-state index contributed by atoms with van der Waals surface area (Å²) in [6, 6.07) is 0. The summed E-state index contributed by atoms with van der Waals surface area (Å²) >= 11 is 0. The molecule has 0 aromatic rings. The van der Waals surface area contributed by atoms with Crippen LogP contribution >= 0.6 is 0 Å². The van der Waals surface area contributed by atoms with Crippen molar-refractivity contribution >= 4 is 99.4 Å². The van der Waals surface area contributed by atoms with E-state index in [0.29, 0.717) is 0 Å². The Labute approximate surface area is 209 Å². The van der Waals surface area contributed by atoms with E-state index >= 15 is 0 Å². The summed E-state index contributed by atoms with van der Waals surface area (Å²) in [6.45, 7) is 0. The predicted octanol–water partition coefficient (Wildman–Crippen LogP) is -6.44. The number of aliphatic carboxylic acids is 4. The maximum absolute atomic E-state index is 11.2. The van der Waals surface area contributed by atoms with Crippen molar-refractivity contribution < 1.29 is 39.6 Å². The number of nitrogens with two attached hydrogens (primary N) is 2. The van der Waals surface area contributed by atoms with Crippen molar-refractivity contribution in [3.63, 3.8) is 0 Å². The molecule has 0 bridgehead atoms. The van der Waals surface area contributed by atoms with Crippen LogP contribution in [0.25, 0.3) is 0 Å². The molecule has 0 saturated heterocycles. The third-order valence-corrected chi connectivity index (χ3v) is 5.01. The van der Waals surface area contributed by atoms with Crippen molar-refractivity contribution in [2.24, 2.45) is 22.3 Å². The van der Waals surface area contributed by atoms with E-state index in [2.05, 4.69) is 0 Å². The maximum atomic E-state index is 11.2. The van der Waals surface area contributed by atoms with E-state index in [-0.39, 0.29) is 94.7 Å². The first-order chi connectivity index (χ1) is 10.9. The van der Waals surface area contributed by atoms with Crippen LogP contribution in [0.15, 0.2) is 0 Å². The molecule has 26 heavy (non-hydrogen) atoms. The molecule has 1 rings (SSSR count). The van der Waals surface area contributed by atoms with E-state index < -0.39 is 66.1 Å². The Morgan fingerprint density at radius 1 is 0.692 bits per heavy atom. The molecule has 0 aliphatic heterocycles. The molecule has 1 saturated carbocycles. The summed E-state index contributed by atoms with van der Waals surface area (Å²) in [5, 5.41) is 44.9. The van der Waals surface area contributed by atoms with Crippen LogP contribution in [0.2, 0.25) is 0 Å². The topological polar surface area (TPSA) is 213 Å². The average molecular weight is 422 g/mol. The first-order valence-electron chi connectivity index (χ1n) is 7.25. The van der Waals surface area contributed by atoms with Gasteiger partial charge in [0.1, 0.15) is 0 Å². The van der Waals surface area contributed by atoms with Gasteiger partial charge in [0.25, 0.3) is 0 Å². The fourth-order valence-corrected chi connectivity index (χ4v) is 4.08. The fourth-order valence-electron chi connectivity index (χ4n) is 4.08. The van der Waals surface area contributed by atoms with Gasteiger partial charge in [-0.3, -0.25) is 0 Å². The van der Waals surface area contributed by atoms with Crippen LogP contribution < -0.4 is 31.9 Å². The second-order valence-electron chi connectivity index (χ2n) is 6.45. The molecule has 0 spiro atoms. The normalized spacial score (nSPS) is 19.3. The molecule has 0 amide bonds. The largest absolute Gasteiger partial charge is 2.00 e. The Hall–Kier alpha value is 0.319. The minimum absolute atomic E-state index is 0. The maximum Gasteiger partial charge on any atom is 2.00 e. The SMILES string of the molecule is NC1(N)CCCC(CC(=O)[O-])(CC(=O)[O-])C1(CC(=O)[O-])CC(=O)[O-].[Ca+2].[Ca+2]. The number of carbonyl (C=O) groups is 4. The van der Waals surface area contributed by atoms with Gasteiger partial charge in [0, 0.05) is 29.3 Å². The van der Waals surface area contributed by atoms with Gasteiger partial charge in [-0.1, -0.05) is 0 Å². The Bertz CT molecular complexity index is 535. The van der Waals surface area contributed by atoms with Gasteiger partial charge in [-0.25, -0.2) is 0 Å². The first kappa shape index (κ1) is 28.5. The van der Waals surface area contributed by atoms with Crippen molar-refractivity contribution in [3.8, 4) is 0 Å². The van der Waals surface area contributed by atoms with Crippen molar-refractivity contribution in [3.05, 3.63) is 0 Å². The standard InChI is InChI=1S/C14H22N2O8.2Ca/c15-14(16)3-1-2-12(4-8(17)18,5-9(19)20)13(14,6-10(21)22)7-11(23)24;;/h1-7,15-16H2,(H,17,18)(H,19,20)(H,21,22)(H,23,24);;/q;2*+2/p-4. The second-order valence-corrected chi connectivity index (χ2v) is 6.45. The number of hydrogen-bond acceptors (Lipinski definition) is 10. The zero-order chi connectivity index (χ0) is 18.8. The van der Waals surface area contributed by atoms with Gasteiger partial charge in [0.05, 0.1) is 5.66 Å². The van der Waals surface area contributed by atoms with Crippen molar-refractivity contribution in [2.45, 2.75) is 50.6 Å². The summed E-state index contributed by atoms with van der Waals surface area (Å²) in [6.07, 6.45) is -3.91. The molecule has 10 nitrogen and oxygen atoms in total. The van der Waals surface area contributed by atoms with Gasteiger partial charge >= 0.3 is 75.5 Å². The van der Waals surface area contributed by atoms with Crippen LogP contribution in [0.1, 0.15) is 44.9 Å². The van der Waals surface area contributed by atoms with Crippen LogP contribution in [0.5, 0.6) is 0 Å². The number of carbonyl (C=O) groups excluding carboxylic acids is 4. The van der Waals surface area contributed by atoms with Crippen LogP contribution in [-0.2, 0) is 19.2 Å². The number of hydrogen-bond donors (Lipinski definition) is 2. The molecule has 12 heteroatoms. The monoisotopic (exact) mass is 422 g/mol. The van der Waals surface area contributed by atoms with Crippen molar-refractivity contribution in [1.82, 2.24) is 0 Å². The van der Waals surface area contributed by atoms with E-state index in [1.54, 1.807) is 0 Å². The van der Waals surface area contributed by atoms with Crippen molar-refractivity contribution in [1.29, 1.82) is 0 Å². The molecular weight excluding hydrogens is 404 g/mol. The summed E-state index contributed by atoms with van der Waals surface area (Å²) in [5.74, 6) is -6.84. The Morgan fingerprint density at radius 2 is 1.04 bits per heavy atom. The van der Waals surface area contributed by atoms with Crippen LogP contribution in [0.3, 0.4) is 0 Å². The van der Waals surface area contributed by atoms with Gasteiger partial charge in [0.15, 0.2) is 0 Å². The second kappa shape index (κ2) is 10.8. The Morgan fingerprint density at radius 3 is 1.35 bits per heavy atom. The first-order valence-corrected chi connectivity index (χ1v) is 7.25. The molecule has 4 N–H and O–H groups in total. The molecule has 0 aromatic heterocycles. The van der Waals surface area contributed by atoms with Crippen LogP contribution in [0.4, 0.5) is 0 Å². The van der Waals surface area contributed by atoms with Gasteiger partial charge < -0.3 is 51.1 Å². The third kappa shape index (κ3) is 6.16. The fraction of sp³-hybridized carbons (Fsp3) is 0.714. The Kier molecular flexibility index (Phi) is 11.8. The predicted molar refractivity (Wildman–Crippen MR) is 79.8 cm³/mol. The van der Waals surface area contributed by atoms with E-state index in [1.807, 2.05) is 0 Å². The third-order valence-electron chi connectivity index (χ3n) is 5.01. The zero-order valence-electron chi connectivity index (χ0n) is 14.3. The molecule has 1 aliphatic carbocycles. The summed E-state index contributed by atoms with van der Waals surface area (Å²) in [5.41, 5.74) is 5.94. The molecule has 1 fully saturated rings. The Balaban J connectivity index is 0. The molecule has 0 heterocycles. The summed E-state index contributed by atoms with van der Waals surface area (Å²) < 4.78 is 0. The van der Waals surface area contributed by atoms with Crippen LogP contribution in [0, 0.1) is 10.8 Å². The van der Waals surface area contributed by atoms with E-state index in [0.717, 1.165) is 0 Å². The molecule has 0 radical (unpaired) electrons. The van der Waals surface area contributed by atoms with Gasteiger partial charge in [-0.05, 0) is 50.4 Å². The summed E-state index contributed by atoms with van der Waals surface area (Å²) in [4.78, 5) is 44.9. The minimum Gasteiger partial charge on any atom is -0.550 e. The number of rotatable bonds is 8. The van der Waals surface area contributed by atoms with Crippen LogP contribution in [-0.4, -0.2) is 105 Å².